The number of nitrogens with two attached hydrogens (primary N) is 1. The Morgan fingerprint density at radius 2 is 1.70 bits per heavy atom. The number of carbonyl (C=O) groups excluding carboxylic acids is 2. The third-order valence-electron chi connectivity index (χ3n) is 4.50. The number of benzene rings is 2. The zero-order valence-corrected chi connectivity index (χ0v) is 16.2. The fraction of sp³-hybridized carbons (Fsp3) is 0.300. The molecule has 27 heavy (non-hydrogen) atoms. The molecule has 0 bridgehead atoms. The van der Waals surface area contributed by atoms with Crippen LogP contribution in [-0.4, -0.2) is 55.7 Å². The number of hydrogen-bond acceptors (Lipinski definition) is 5. The molecule has 142 valence electrons. The van der Waals surface area contributed by atoms with Crippen LogP contribution in [0.25, 0.3) is 0 Å². The number of anilines is 2. The van der Waals surface area contributed by atoms with Gasteiger partial charge in [-0.2, -0.15) is 0 Å². The lowest BCUT2D eigenvalue weighted by atomic mass is 10.2. The van der Waals surface area contributed by atoms with Crippen molar-refractivity contribution in [1.29, 1.82) is 0 Å². The van der Waals surface area contributed by atoms with Gasteiger partial charge in [-0.05, 0) is 43.4 Å². The Morgan fingerprint density at radius 3 is 2.37 bits per heavy atom. The monoisotopic (exact) mass is 384 g/mol. The normalized spacial score (nSPS) is 14.8. The molecule has 0 unspecified atom stereocenters. The summed E-state index contributed by atoms with van der Waals surface area (Å²) in [7, 11) is 2.13. The summed E-state index contributed by atoms with van der Waals surface area (Å²) >= 11 is 1.27. The number of nitrogens with zero attached hydrogens (tertiary/aromatic N) is 2. The summed E-state index contributed by atoms with van der Waals surface area (Å²) in [6, 6.07) is 15.1. The molecule has 6 nitrogen and oxygen atoms in total. The van der Waals surface area contributed by atoms with Gasteiger partial charge in [0.05, 0.1) is 11.3 Å². The quantitative estimate of drug-likeness (QED) is 0.747. The number of primary amides is 1. The average molecular weight is 385 g/mol. The van der Waals surface area contributed by atoms with Crippen LogP contribution in [-0.2, 0) is 4.79 Å². The van der Waals surface area contributed by atoms with Crippen LogP contribution in [0.2, 0.25) is 0 Å². The fourth-order valence-electron chi connectivity index (χ4n) is 2.95. The van der Waals surface area contributed by atoms with Gasteiger partial charge in [-0.1, -0.05) is 12.1 Å². The van der Waals surface area contributed by atoms with Crippen LogP contribution in [0.5, 0.6) is 0 Å². The molecule has 2 aromatic rings. The van der Waals surface area contributed by atoms with E-state index < -0.39 is 5.91 Å². The van der Waals surface area contributed by atoms with Crippen molar-refractivity contribution in [3.05, 3.63) is 54.1 Å². The van der Waals surface area contributed by atoms with Gasteiger partial charge >= 0.3 is 0 Å². The molecule has 2 aromatic carbocycles. The molecule has 0 aliphatic carbocycles. The van der Waals surface area contributed by atoms with Crippen LogP contribution in [0.3, 0.4) is 0 Å². The van der Waals surface area contributed by atoms with Crippen LogP contribution < -0.4 is 16.0 Å². The Kier molecular flexibility index (Phi) is 6.36. The standard InChI is InChI=1S/C20H24N4O2S/c1-23-10-12-24(13-11-23)16-8-6-15(7-9-16)22-20(26)17-4-2-3-5-18(17)27-14-19(21)25/h2-9H,10-14H2,1H3,(H2,21,25)(H,22,26). The molecule has 0 spiro atoms. The second-order valence-corrected chi connectivity index (χ2v) is 7.56. The number of amides is 2. The van der Waals surface area contributed by atoms with Crippen molar-refractivity contribution in [2.45, 2.75) is 4.90 Å². The van der Waals surface area contributed by atoms with Gasteiger partial charge in [0.2, 0.25) is 5.91 Å². The Labute approximate surface area is 163 Å². The Hall–Kier alpha value is -2.51. The molecule has 3 rings (SSSR count). The van der Waals surface area contributed by atoms with E-state index in [2.05, 4.69) is 22.2 Å². The van der Waals surface area contributed by atoms with Gasteiger partial charge in [0.1, 0.15) is 0 Å². The third-order valence-corrected chi connectivity index (χ3v) is 5.59. The minimum atomic E-state index is -0.408. The molecule has 1 saturated heterocycles. The predicted molar refractivity (Wildman–Crippen MR) is 110 cm³/mol. The first-order valence-corrected chi connectivity index (χ1v) is 9.86. The SMILES string of the molecule is CN1CCN(c2ccc(NC(=O)c3ccccc3SCC(N)=O)cc2)CC1. The summed E-state index contributed by atoms with van der Waals surface area (Å²) in [4.78, 5) is 29.1. The van der Waals surface area contributed by atoms with E-state index in [0.717, 1.165) is 36.8 Å². The predicted octanol–water partition coefficient (Wildman–Crippen LogP) is 2.27. The molecule has 0 aromatic heterocycles. The molecular formula is C20H24N4O2S. The number of nitrogens with one attached hydrogen (secondary N) is 1. The molecule has 1 aliphatic rings. The van der Waals surface area contributed by atoms with Gasteiger partial charge in [-0.15, -0.1) is 11.8 Å². The van der Waals surface area contributed by atoms with Gasteiger partial charge in [0.15, 0.2) is 0 Å². The van der Waals surface area contributed by atoms with Crippen LogP contribution in [0.15, 0.2) is 53.4 Å². The highest BCUT2D eigenvalue weighted by molar-refractivity contribution is 8.00. The molecule has 3 N–H and O–H groups in total. The van der Waals surface area contributed by atoms with Crippen molar-refractivity contribution in [3.63, 3.8) is 0 Å². The Morgan fingerprint density at radius 1 is 1.04 bits per heavy atom. The highest BCUT2D eigenvalue weighted by Crippen LogP contribution is 2.24. The molecule has 1 aliphatic heterocycles. The zero-order chi connectivity index (χ0) is 19.2. The highest BCUT2D eigenvalue weighted by Gasteiger charge is 2.15. The summed E-state index contributed by atoms with van der Waals surface area (Å²) in [5.74, 6) is -0.464. The third kappa shape index (κ3) is 5.24. The summed E-state index contributed by atoms with van der Waals surface area (Å²) < 4.78 is 0. The lowest BCUT2D eigenvalue weighted by Gasteiger charge is -2.34. The Balaban J connectivity index is 1.65. The van der Waals surface area contributed by atoms with E-state index in [4.69, 9.17) is 5.73 Å². The smallest absolute Gasteiger partial charge is 0.256 e. The summed E-state index contributed by atoms with van der Waals surface area (Å²) in [5, 5.41) is 2.93. The first kappa shape index (κ1) is 19.3. The number of carbonyl (C=O) groups is 2. The molecule has 7 heteroatoms. The van der Waals surface area contributed by atoms with Crippen molar-refractivity contribution in [2.75, 3.05) is 49.2 Å². The van der Waals surface area contributed by atoms with Crippen LogP contribution in [0.4, 0.5) is 11.4 Å². The fourth-order valence-corrected chi connectivity index (χ4v) is 3.74. The van der Waals surface area contributed by atoms with E-state index in [-0.39, 0.29) is 11.7 Å². The van der Waals surface area contributed by atoms with Crippen molar-refractivity contribution in [3.8, 4) is 0 Å². The largest absolute Gasteiger partial charge is 0.369 e. The number of likely N-dealkylation sites (N-methyl/N-ethyl adjacent to an activating group) is 1. The van der Waals surface area contributed by atoms with Crippen molar-refractivity contribution in [1.82, 2.24) is 4.90 Å². The Bertz CT molecular complexity index is 802. The number of thioether (sulfide) groups is 1. The number of rotatable bonds is 6. The first-order chi connectivity index (χ1) is 13.0. The lowest BCUT2D eigenvalue weighted by molar-refractivity contribution is -0.115. The van der Waals surface area contributed by atoms with E-state index in [1.165, 1.54) is 17.4 Å². The van der Waals surface area contributed by atoms with Crippen molar-refractivity contribution < 1.29 is 9.59 Å². The molecular weight excluding hydrogens is 360 g/mol. The second-order valence-electron chi connectivity index (χ2n) is 6.54. The first-order valence-electron chi connectivity index (χ1n) is 8.88. The van der Waals surface area contributed by atoms with Crippen LogP contribution in [0, 0.1) is 0 Å². The molecule has 0 atom stereocenters. The van der Waals surface area contributed by atoms with Crippen molar-refractivity contribution in [2.24, 2.45) is 5.73 Å². The molecule has 1 fully saturated rings. The highest BCUT2D eigenvalue weighted by atomic mass is 32.2. The molecule has 2 amide bonds. The lowest BCUT2D eigenvalue weighted by Crippen LogP contribution is -2.44. The maximum absolute atomic E-state index is 12.6. The van der Waals surface area contributed by atoms with Crippen molar-refractivity contribution >= 4 is 35.0 Å². The average Bonchev–Trinajstić information content (AvgIpc) is 2.68. The maximum atomic E-state index is 12.6. The summed E-state index contributed by atoms with van der Waals surface area (Å²) in [6.45, 7) is 4.12. The van der Waals surface area contributed by atoms with Gasteiger partial charge in [-0.3, -0.25) is 9.59 Å². The van der Waals surface area contributed by atoms with E-state index in [0.29, 0.717) is 5.56 Å². The maximum Gasteiger partial charge on any atom is 0.256 e. The number of hydrogen-bond donors (Lipinski definition) is 2. The topological polar surface area (TPSA) is 78.7 Å². The van der Waals surface area contributed by atoms with E-state index in [1.807, 2.05) is 36.4 Å². The van der Waals surface area contributed by atoms with Crippen LogP contribution >= 0.6 is 11.8 Å². The van der Waals surface area contributed by atoms with Gasteiger partial charge < -0.3 is 20.9 Å². The van der Waals surface area contributed by atoms with E-state index in [9.17, 15) is 9.59 Å². The molecule has 0 radical (unpaired) electrons. The van der Waals surface area contributed by atoms with Gasteiger partial charge in [0, 0.05) is 42.4 Å². The minimum Gasteiger partial charge on any atom is -0.369 e. The van der Waals surface area contributed by atoms with Gasteiger partial charge in [-0.25, -0.2) is 0 Å². The summed E-state index contributed by atoms with van der Waals surface area (Å²) in [6.07, 6.45) is 0. The minimum absolute atomic E-state index is 0.143. The zero-order valence-electron chi connectivity index (χ0n) is 15.4. The van der Waals surface area contributed by atoms with E-state index in [1.54, 1.807) is 12.1 Å². The van der Waals surface area contributed by atoms with E-state index >= 15 is 0 Å². The summed E-state index contributed by atoms with van der Waals surface area (Å²) in [5.41, 5.74) is 7.65. The number of piperazine rings is 1. The molecule has 1 heterocycles. The molecule has 0 saturated carbocycles. The van der Waals surface area contributed by atoms with Gasteiger partial charge in [0.25, 0.3) is 5.91 Å². The second kappa shape index (κ2) is 8.92. The van der Waals surface area contributed by atoms with Crippen LogP contribution in [0.1, 0.15) is 10.4 Å².